The van der Waals surface area contributed by atoms with Crippen LogP contribution in [-0.2, 0) is 0 Å². The Bertz CT molecular complexity index is 167. The lowest BCUT2D eigenvalue weighted by atomic mass is 9.88. The molecule has 0 N–H and O–H groups in total. The van der Waals surface area contributed by atoms with Crippen LogP contribution < -0.4 is 0 Å². The van der Waals surface area contributed by atoms with Gasteiger partial charge in [-0.25, -0.2) is 0 Å². The van der Waals surface area contributed by atoms with Crippen LogP contribution in [0, 0.1) is 5.92 Å². The summed E-state index contributed by atoms with van der Waals surface area (Å²) in [6.07, 6.45) is 14.7. The molecule has 0 bridgehead atoms. The summed E-state index contributed by atoms with van der Waals surface area (Å²) in [5.41, 5.74) is 1.73. The van der Waals surface area contributed by atoms with Gasteiger partial charge in [0.05, 0.1) is 0 Å². The van der Waals surface area contributed by atoms with Crippen molar-refractivity contribution in [3.05, 3.63) is 11.6 Å². The van der Waals surface area contributed by atoms with Gasteiger partial charge in [0, 0.05) is 0 Å². The molecule has 0 heterocycles. The molecule has 0 aromatic carbocycles. The summed E-state index contributed by atoms with van der Waals surface area (Å²) < 4.78 is 0. The first kappa shape index (κ1) is 15.7. The van der Waals surface area contributed by atoms with Gasteiger partial charge < -0.3 is 0 Å². The van der Waals surface area contributed by atoms with Crippen molar-refractivity contribution in [1.29, 1.82) is 0 Å². The fourth-order valence-electron chi connectivity index (χ4n) is 2.38. The van der Waals surface area contributed by atoms with Gasteiger partial charge in [0.2, 0.25) is 0 Å². The van der Waals surface area contributed by atoms with E-state index in [0.717, 1.165) is 5.92 Å². The molecule has 0 aliphatic rings. The second kappa shape index (κ2) is 11.2. The summed E-state index contributed by atoms with van der Waals surface area (Å²) in [6, 6.07) is 0. The molecule has 0 nitrogen and oxygen atoms in total. The molecule has 1 atom stereocenters. The lowest BCUT2D eigenvalue weighted by Gasteiger charge is -2.18. The van der Waals surface area contributed by atoms with E-state index in [1.165, 1.54) is 57.8 Å². The molecule has 0 heteroatoms. The van der Waals surface area contributed by atoms with Crippen molar-refractivity contribution in [3.63, 3.8) is 0 Å². The third-order valence-electron chi connectivity index (χ3n) is 3.55. The van der Waals surface area contributed by atoms with E-state index in [2.05, 4.69) is 33.8 Å². The number of unbranched alkanes of at least 4 members (excludes halogenated alkanes) is 4. The Morgan fingerprint density at radius 2 is 1.62 bits per heavy atom. The maximum atomic E-state index is 2.53. The maximum Gasteiger partial charge on any atom is -0.0206 e. The van der Waals surface area contributed by atoms with E-state index in [4.69, 9.17) is 0 Å². The van der Waals surface area contributed by atoms with Crippen LogP contribution in [0.5, 0.6) is 0 Å². The zero-order valence-corrected chi connectivity index (χ0v) is 12.0. The quantitative estimate of drug-likeness (QED) is 0.310. The van der Waals surface area contributed by atoms with E-state index < -0.39 is 0 Å². The number of hydrogen-bond acceptors (Lipinski definition) is 0. The SMILES string of the molecule is CCCC/C=C(\CC)C(CC)CCCCC. The van der Waals surface area contributed by atoms with Crippen molar-refractivity contribution >= 4 is 0 Å². The highest BCUT2D eigenvalue weighted by Crippen LogP contribution is 2.25. The lowest BCUT2D eigenvalue weighted by molar-refractivity contribution is 0.492. The summed E-state index contributed by atoms with van der Waals surface area (Å²) in [5.74, 6) is 0.869. The topological polar surface area (TPSA) is 0 Å². The van der Waals surface area contributed by atoms with Gasteiger partial charge in [0.15, 0.2) is 0 Å². The molecule has 0 spiro atoms. The van der Waals surface area contributed by atoms with Crippen molar-refractivity contribution in [2.45, 2.75) is 85.5 Å². The Kier molecular flexibility index (Phi) is 11.0. The van der Waals surface area contributed by atoms with E-state index in [1.807, 2.05) is 0 Å². The molecule has 0 saturated carbocycles. The number of hydrogen-bond donors (Lipinski definition) is 0. The third-order valence-corrected chi connectivity index (χ3v) is 3.55. The molecular formula is C16H32. The van der Waals surface area contributed by atoms with Crippen LogP contribution in [0.15, 0.2) is 11.6 Å². The van der Waals surface area contributed by atoms with Gasteiger partial charge in [-0.3, -0.25) is 0 Å². The van der Waals surface area contributed by atoms with Crippen LogP contribution in [0.3, 0.4) is 0 Å². The molecule has 0 aromatic rings. The summed E-state index contributed by atoms with van der Waals surface area (Å²) in [7, 11) is 0. The highest BCUT2D eigenvalue weighted by molar-refractivity contribution is 5.06. The zero-order chi connectivity index (χ0) is 12.2. The van der Waals surface area contributed by atoms with Gasteiger partial charge in [0.25, 0.3) is 0 Å². The summed E-state index contributed by atoms with van der Waals surface area (Å²) >= 11 is 0. The Balaban J connectivity index is 4.09. The minimum atomic E-state index is 0.869. The lowest BCUT2D eigenvalue weighted by Crippen LogP contribution is -2.03. The summed E-state index contributed by atoms with van der Waals surface area (Å²) in [4.78, 5) is 0. The fourth-order valence-corrected chi connectivity index (χ4v) is 2.38. The van der Waals surface area contributed by atoms with Crippen LogP contribution in [0.25, 0.3) is 0 Å². The first-order chi connectivity index (χ1) is 7.79. The fraction of sp³-hybridized carbons (Fsp3) is 0.875. The number of rotatable bonds is 10. The largest absolute Gasteiger partial charge is 0.0851 e. The monoisotopic (exact) mass is 224 g/mol. The summed E-state index contributed by atoms with van der Waals surface area (Å²) in [5, 5.41) is 0. The van der Waals surface area contributed by atoms with Crippen LogP contribution in [-0.4, -0.2) is 0 Å². The molecule has 16 heavy (non-hydrogen) atoms. The second-order valence-corrected chi connectivity index (χ2v) is 4.88. The molecule has 0 saturated heterocycles. The van der Waals surface area contributed by atoms with Gasteiger partial charge in [-0.2, -0.15) is 0 Å². The Hall–Kier alpha value is -0.260. The second-order valence-electron chi connectivity index (χ2n) is 4.88. The third kappa shape index (κ3) is 7.09. The average Bonchev–Trinajstić information content (AvgIpc) is 2.31. The van der Waals surface area contributed by atoms with Crippen molar-refractivity contribution in [3.8, 4) is 0 Å². The van der Waals surface area contributed by atoms with Crippen molar-refractivity contribution in [1.82, 2.24) is 0 Å². The van der Waals surface area contributed by atoms with Gasteiger partial charge in [-0.1, -0.05) is 71.4 Å². The van der Waals surface area contributed by atoms with E-state index >= 15 is 0 Å². The van der Waals surface area contributed by atoms with Crippen molar-refractivity contribution in [2.24, 2.45) is 5.92 Å². The molecule has 0 aromatic heterocycles. The number of allylic oxidation sites excluding steroid dienone is 2. The summed E-state index contributed by atoms with van der Waals surface area (Å²) in [6.45, 7) is 9.23. The smallest absolute Gasteiger partial charge is 0.0206 e. The van der Waals surface area contributed by atoms with Gasteiger partial charge in [-0.15, -0.1) is 0 Å². The molecule has 1 unspecified atom stereocenters. The first-order valence-corrected chi connectivity index (χ1v) is 7.48. The van der Waals surface area contributed by atoms with Crippen LogP contribution in [0.2, 0.25) is 0 Å². The predicted octanol–water partition coefficient (Wildman–Crippen LogP) is 6.12. The Morgan fingerprint density at radius 3 is 2.12 bits per heavy atom. The zero-order valence-electron chi connectivity index (χ0n) is 12.0. The van der Waals surface area contributed by atoms with Gasteiger partial charge >= 0.3 is 0 Å². The van der Waals surface area contributed by atoms with E-state index in [0.29, 0.717) is 0 Å². The van der Waals surface area contributed by atoms with Gasteiger partial charge in [-0.05, 0) is 31.6 Å². The maximum absolute atomic E-state index is 2.53. The predicted molar refractivity (Wildman–Crippen MR) is 75.8 cm³/mol. The molecule has 0 aliphatic heterocycles. The minimum absolute atomic E-state index is 0.869. The molecule has 0 aliphatic carbocycles. The Morgan fingerprint density at radius 1 is 0.938 bits per heavy atom. The van der Waals surface area contributed by atoms with Crippen molar-refractivity contribution in [2.75, 3.05) is 0 Å². The molecular weight excluding hydrogens is 192 g/mol. The Labute approximate surface area is 104 Å². The minimum Gasteiger partial charge on any atom is -0.0851 e. The van der Waals surface area contributed by atoms with E-state index in [9.17, 15) is 0 Å². The normalized spacial score (nSPS) is 14.1. The van der Waals surface area contributed by atoms with Crippen LogP contribution >= 0.6 is 0 Å². The van der Waals surface area contributed by atoms with E-state index in [1.54, 1.807) is 5.57 Å². The molecule has 0 fully saturated rings. The first-order valence-electron chi connectivity index (χ1n) is 7.48. The van der Waals surface area contributed by atoms with Crippen LogP contribution in [0.1, 0.15) is 85.5 Å². The molecule has 96 valence electrons. The molecule has 0 radical (unpaired) electrons. The highest BCUT2D eigenvalue weighted by Gasteiger charge is 2.09. The highest BCUT2D eigenvalue weighted by atomic mass is 14.2. The van der Waals surface area contributed by atoms with Crippen LogP contribution in [0.4, 0.5) is 0 Å². The van der Waals surface area contributed by atoms with Crippen molar-refractivity contribution < 1.29 is 0 Å². The molecule has 0 amide bonds. The average molecular weight is 224 g/mol. The van der Waals surface area contributed by atoms with Gasteiger partial charge in [0.1, 0.15) is 0 Å². The van der Waals surface area contributed by atoms with E-state index in [-0.39, 0.29) is 0 Å². The molecule has 0 rings (SSSR count). The standard InChI is InChI=1S/C16H32/c1-5-9-11-13-15(7-3)16(8-4)14-12-10-6-2/h13,16H,5-12,14H2,1-4H3/b15-13+.